The second-order valence-corrected chi connectivity index (χ2v) is 5.86. The highest BCUT2D eigenvalue weighted by molar-refractivity contribution is 4.83. The van der Waals surface area contributed by atoms with Crippen LogP contribution in [-0.2, 0) is 19.5 Å². The van der Waals surface area contributed by atoms with Gasteiger partial charge in [-0.2, -0.15) is 0 Å². The highest BCUT2D eigenvalue weighted by Crippen LogP contribution is 2.11. The van der Waals surface area contributed by atoms with Gasteiger partial charge < -0.3 is 0 Å². The van der Waals surface area contributed by atoms with E-state index in [4.69, 9.17) is 0 Å². The molecule has 1 aromatic rings. The van der Waals surface area contributed by atoms with Crippen LogP contribution < -0.4 is 4.57 Å². The lowest BCUT2D eigenvalue weighted by molar-refractivity contribution is -0.700. The zero-order valence-corrected chi connectivity index (χ0v) is 14.0. The lowest BCUT2D eigenvalue weighted by atomic mass is 10.1. The van der Waals surface area contributed by atoms with Crippen molar-refractivity contribution in [2.24, 2.45) is 0 Å². The first kappa shape index (κ1) is 17.3. The van der Waals surface area contributed by atoms with E-state index >= 15 is 0 Å². The maximum absolute atomic E-state index is 2.40. The zero-order chi connectivity index (χ0) is 14.6. The largest absolute Gasteiger partial charge is 0.256 e. The fourth-order valence-electron chi connectivity index (χ4n) is 2.95. The Kier molecular flexibility index (Phi) is 9.44. The van der Waals surface area contributed by atoms with Crippen LogP contribution in [0.4, 0.5) is 0 Å². The van der Waals surface area contributed by atoms with Crippen LogP contribution in [-0.4, -0.2) is 4.57 Å². The Morgan fingerprint density at radius 1 is 0.850 bits per heavy atom. The summed E-state index contributed by atoms with van der Waals surface area (Å²) < 4.78 is 4.79. The van der Waals surface area contributed by atoms with Crippen LogP contribution in [0.5, 0.6) is 0 Å². The highest BCUT2D eigenvalue weighted by Gasteiger charge is 2.13. The number of nitrogens with zero attached hydrogens (tertiary/aromatic N) is 2. The molecule has 1 heterocycles. The summed E-state index contributed by atoms with van der Waals surface area (Å²) in [7, 11) is 0. The number of hydrogen-bond donors (Lipinski definition) is 0. The molecule has 0 amide bonds. The van der Waals surface area contributed by atoms with E-state index in [1.165, 1.54) is 70.0 Å². The molecule has 0 aliphatic heterocycles. The first-order chi connectivity index (χ1) is 9.83. The average molecular weight is 279 g/mol. The van der Waals surface area contributed by atoms with Crippen LogP contribution in [0.15, 0.2) is 12.4 Å². The van der Waals surface area contributed by atoms with Gasteiger partial charge in [-0.25, -0.2) is 9.13 Å². The van der Waals surface area contributed by atoms with E-state index in [1.807, 2.05) is 0 Å². The van der Waals surface area contributed by atoms with Gasteiger partial charge in [-0.3, -0.25) is 0 Å². The molecule has 116 valence electrons. The lowest BCUT2D eigenvalue weighted by Crippen LogP contribution is -2.35. The van der Waals surface area contributed by atoms with Gasteiger partial charge >= 0.3 is 0 Å². The number of aryl methyl sites for hydroxylation is 2. The van der Waals surface area contributed by atoms with Gasteiger partial charge in [-0.15, -0.1) is 0 Å². The minimum atomic E-state index is 1.10. The first-order valence-electron chi connectivity index (χ1n) is 8.90. The summed E-state index contributed by atoms with van der Waals surface area (Å²) in [6.07, 6.45) is 18.4. The summed E-state index contributed by atoms with van der Waals surface area (Å²) in [5, 5.41) is 0. The summed E-state index contributed by atoms with van der Waals surface area (Å²) >= 11 is 0. The van der Waals surface area contributed by atoms with Crippen molar-refractivity contribution in [2.75, 3.05) is 0 Å². The Labute approximate surface area is 126 Å². The van der Waals surface area contributed by atoms with Crippen molar-refractivity contribution < 1.29 is 4.57 Å². The van der Waals surface area contributed by atoms with Crippen molar-refractivity contribution in [3.63, 3.8) is 0 Å². The fourth-order valence-corrected chi connectivity index (χ4v) is 2.95. The molecule has 20 heavy (non-hydrogen) atoms. The standard InChI is InChI=1S/C18H35N2/c1-4-7-8-9-10-11-12-13-14-15-18-19(5-2)16-17-20(18)6-3/h16-17H,4-15H2,1-3H3/q+1. The van der Waals surface area contributed by atoms with Crippen molar-refractivity contribution in [1.82, 2.24) is 4.57 Å². The summed E-state index contributed by atoms with van der Waals surface area (Å²) in [5.74, 6) is 1.51. The highest BCUT2D eigenvalue weighted by atomic mass is 15.1. The van der Waals surface area contributed by atoms with E-state index in [9.17, 15) is 0 Å². The molecule has 1 aromatic heterocycles. The zero-order valence-electron chi connectivity index (χ0n) is 14.0. The number of aromatic nitrogens is 2. The molecule has 2 nitrogen and oxygen atoms in total. The Balaban J connectivity index is 2.10. The van der Waals surface area contributed by atoms with Gasteiger partial charge in [0.1, 0.15) is 12.4 Å². The molecular weight excluding hydrogens is 244 g/mol. The van der Waals surface area contributed by atoms with E-state index in [0.29, 0.717) is 0 Å². The average Bonchev–Trinajstić information content (AvgIpc) is 2.87. The van der Waals surface area contributed by atoms with Gasteiger partial charge in [-0.05, 0) is 20.3 Å². The molecule has 0 saturated heterocycles. The quantitative estimate of drug-likeness (QED) is 0.380. The van der Waals surface area contributed by atoms with Crippen LogP contribution in [0.2, 0.25) is 0 Å². The molecule has 0 N–H and O–H groups in total. The SMILES string of the molecule is CCCCCCCCCCCc1n(CC)cc[n+]1CC. The summed E-state index contributed by atoms with van der Waals surface area (Å²) in [4.78, 5) is 0. The molecule has 0 radical (unpaired) electrons. The molecule has 0 atom stereocenters. The monoisotopic (exact) mass is 279 g/mol. The van der Waals surface area contributed by atoms with E-state index in [2.05, 4.69) is 42.3 Å². The van der Waals surface area contributed by atoms with E-state index < -0.39 is 0 Å². The number of imidazole rings is 1. The maximum atomic E-state index is 2.40. The first-order valence-corrected chi connectivity index (χ1v) is 8.90. The second kappa shape index (κ2) is 10.9. The Morgan fingerprint density at radius 2 is 1.45 bits per heavy atom. The van der Waals surface area contributed by atoms with Crippen molar-refractivity contribution >= 4 is 0 Å². The van der Waals surface area contributed by atoms with Crippen LogP contribution in [0.3, 0.4) is 0 Å². The van der Waals surface area contributed by atoms with Crippen molar-refractivity contribution in [1.29, 1.82) is 0 Å². The van der Waals surface area contributed by atoms with E-state index in [0.717, 1.165) is 13.1 Å². The lowest BCUT2D eigenvalue weighted by Gasteiger charge is -2.03. The van der Waals surface area contributed by atoms with Gasteiger partial charge in [-0.1, -0.05) is 58.3 Å². The molecule has 0 aliphatic carbocycles. The summed E-state index contributed by atoms with van der Waals surface area (Å²) in [5.41, 5.74) is 0. The molecular formula is C18H35N2+. The van der Waals surface area contributed by atoms with Gasteiger partial charge in [0, 0.05) is 6.42 Å². The fraction of sp³-hybridized carbons (Fsp3) is 0.833. The van der Waals surface area contributed by atoms with Crippen LogP contribution in [0.1, 0.15) is 84.4 Å². The van der Waals surface area contributed by atoms with E-state index in [1.54, 1.807) is 0 Å². The predicted molar refractivity (Wildman–Crippen MR) is 86.9 cm³/mol. The molecule has 0 spiro atoms. The maximum Gasteiger partial charge on any atom is 0.256 e. The Morgan fingerprint density at radius 3 is 2.00 bits per heavy atom. The van der Waals surface area contributed by atoms with Gasteiger partial charge in [0.25, 0.3) is 5.82 Å². The van der Waals surface area contributed by atoms with Crippen LogP contribution in [0, 0.1) is 0 Å². The Bertz CT molecular complexity index is 320. The molecule has 0 aromatic carbocycles. The third-order valence-corrected chi connectivity index (χ3v) is 4.27. The topological polar surface area (TPSA) is 8.81 Å². The molecule has 0 aliphatic rings. The van der Waals surface area contributed by atoms with Crippen molar-refractivity contribution in [3.05, 3.63) is 18.2 Å². The molecule has 1 rings (SSSR count). The summed E-state index contributed by atoms with van der Waals surface area (Å²) in [6, 6.07) is 0. The third kappa shape index (κ3) is 6.11. The van der Waals surface area contributed by atoms with Crippen molar-refractivity contribution in [2.45, 2.75) is 98.1 Å². The number of unbranched alkanes of at least 4 members (excludes halogenated alkanes) is 8. The number of rotatable bonds is 12. The molecule has 0 saturated carbocycles. The third-order valence-electron chi connectivity index (χ3n) is 4.27. The minimum Gasteiger partial charge on any atom is -0.235 e. The van der Waals surface area contributed by atoms with Crippen LogP contribution in [0.25, 0.3) is 0 Å². The van der Waals surface area contributed by atoms with Gasteiger partial charge in [0.05, 0.1) is 13.1 Å². The predicted octanol–water partition coefficient (Wildman–Crippen LogP) is 4.89. The number of hydrogen-bond acceptors (Lipinski definition) is 0. The summed E-state index contributed by atoms with van der Waals surface area (Å²) in [6.45, 7) is 8.95. The molecule has 2 heteroatoms. The Hall–Kier alpha value is -0.790. The van der Waals surface area contributed by atoms with Crippen LogP contribution >= 0.6 is 0 Å². The normalized spacial score (nSPS) is 11.2. The second-order valence-electron chi connectivity index (χ2n) is 5.86. The molecule has 0 fully saturated rings. The van der Waals surface area contributed by atoms with Gasteiger partial charge in [0.15, 0.2) is 0 Å². The van der Waals surface area contributed by atoms with Crippen molar-refractivity contribution in [3.8, 4) is 0 Å². The smallest absolute Gasteiger partial charge is 0.235 e. The molecule has 0 bridgehead atoms. The molecule has 0 unspecified atom stereocenters. The van der Waals surface area contributed by atoms with E-state index in [-0.39, 0.29) is 0 Å². The van der Waals surface area contributed by atoms with Gasteiger partial charge in [0.2, 0.25) is 0 Å². The minimum absolute atomic E-state index is 1.10.